The second-order valence-corrected chi connectivity index (χ2v) is 6.63. The summed E-state index contributed by atoms with van der Waals surface area (Å²) in [5, 5.41) is 4.94. The van der Waals surface area contributed by atoms with E-state index >= 15 is 0 Å². The lowest BCUT2D eigenvalue weighted by molar-refractivity contribution is -0.148. The number of aromatic nitrogens is 1. The molecular formula is C18H21N3O5S. The third-order valence-electron chi connectivity index (χ3n) is 3.51. The van der Waals surface area contributed by atoms with Gasteiger partial charge in [0.2, 0.25) is 5.91 Å². The molecule has 1 heterocycles. The van der Waals surface area contributed by atoms with Gasteiger partial charge in [0.15, 0.2) is 6.61 Å². The fourth-order valence-corrected chi connectivity index (χ4v) is 2.81. The van der Waals surface area contributed by atoms with Crippen LogP contribution in [0.5, 0.6) is 5.75 Å². The Morgan fingerprint density at radius 2 is 1.89 bits per heavy atom. The molecule has 8 nitrogen and oxygen atoms in total. The van der Waals surface area contributed by atoms with Crippen molar-refractivity contribution in [2.75, 3.05) is 34.4 Å². The summed E-state index contributed by atoms with van der Waals surface area (Å²) in [7, 11) is 4.77. The van der Waals surface area contributed by atoms with E-state index in [9.17, 15) is 14.4 Å². The predicted molar refractivity (Wildman–Crippen MR) is 100 cm³/mol. The minimum absolute atomic E-state index is 0.0312. The third-order valence-corrected chi connectivity index (χ3v) is 4.45. The first kappa shape index (κ1) is 20.4. The van der Waals surface area contributed by atoms with E-state index in [0.29, 0.717) is 5.69 Å². The van der Waals surface area contributed by atoms with Crippen molar-refractivity contribution in [2.24, 2.45) is 0 Å². The fraction of sp³-hybridized carbons (Fsp3) is 0.333. The van der Waals surface area contributed by atoms with Crippen molar-refractivity contribution in [3.05, 3.63) is 35.3 Å². The summed E-state index contributed by atoms with van der Waals surface area (Å²) in [6.45, 7) is -0.574. The number of hydrogen-bond acceptors (Lipinski definition) is 7. The molecule has 2 aromatic rings. The average molecular weight is 391 g/mol. The Labute approximate surface area is 161 Å². The number of nitrogens with one attached hydrogen (secondary N) is 1. The van der Waals surface area contributed by atoms with Gasteiger partial charge in [-0.05, 0) is 24.3 Å². The van der Waals surface area contributed by atoms with Gasteiger partial charge in [0.1, 0.15) is 10.8 Å². The van der Waals surface area contributed by atoms with Crippen molar-refractivity contribution in [1.82, 2.24) is 15.2 Å². The van der Waals surface area contributed by atoms with Crippen molar-refractivity contribution in [1.29, 1.82) is 0 Å². The van der Waals surface area contributed by atoms with Gasteiger partial charge in [-0.3, -0.25) is 14.4 Å². The molecule has 0 fully saturated rings. The van der Waals surface area contributed by atoms with E-state index in [4.69, 9.17) is 9.47 Å². The third kappa shape index (κ3) is 6.37. The van der Waals surface area contributed by atoms with E-state index in [1.165, 1.54) is 16.2 Å². The van der Waals surface area contributed by atoms with Gasteiger partial charge in [0.25, 0.3) is 5.91 Å². The number of likely N-dealkylation sites (N-methyl/N-ethyl adjacent to an activating group) is 1. The Kier molecular flexibility index (Phi) is 7.30. The van der Waals surface area contributed by atoms with Gasteiger partial charge < -0.3 is 19.7 Å². The first-order valence-electron chi connectivity index (χ1n) is 8.10. The van der Waals surface area contributed by atoms with E-state index in [1.54, 1.807) is 26.6 Å². The number of methoxy groups -OCH3 is 1. The number of thiazole rings is 1. The number of esters is 1. The number of ether oxygens (including phenoxy) is 2. The number of rotatable bonds is 8. The van der Waals surface area contributed by atoms with Crippen molar-refractivity contribution in [3.8, 4) is 16.3 Å². The lowest BCUT2D eigenvalue weighted by Crippen LogP contribution is -2.38. The van der Waals surface area contributed by atoms with Crippen LogP contribution in [0.4, 0.5) is 0 Å². The fourth-order valence-electron chi connectivity index (χ4n) is 1.98. The molecule has 1 N–H and O–H groups in total. The molecule has 2 amide bonds. The zero-order valence-electron chi connectivity index (χ0n) is 15.4. The number of carbonyl (C=O) groups is 3. The molecule has 27 heavy (non-hydrogen) atoms. The molecule has 0 atom stereocenters. The quantitative estimate of drug-likeness (QED) is 0.677. The number of benzene rings is 1. The van der Waals surface area contributed by atoms with Crippen LogP contribution in [-0.2, 0) is 25.5 Å². The lowest BCUT2D eigenvalue weighted by atomic mass is 10.2. The van der Waals surface area contributed by atoms with Crippen LogP contribution in [0.3, 0.4) is 0 Å². The van der Waals surface area contributed by atoms with Crippen molar-refractivity contribution >= 4 is 29.1 Å². The number of hydrogen-bond donors (Lipinski definition) is 1. The molecule has 0 radical (unpaired) electrons. The van der Waals surface area contributed by atoms with Crippen LogP contribution >= 0.6 is 11.3 Å². The molecule has 0 bridgehead atoms. The standard InChI is InChI=1S/C18H21N3O5S/c1-21(2)16(23)9-19-15(22)10-26-17(24)8-13-11-27-18(20-13)12-4-6-14(25-3)7-5-12/h4-7,11H,8-10H2,1-3H3,(H,19,22). The summed E-state index contributed by atoms with van der Waals surface area (Å²) in [6, 6.07) is 7.45. The SMILES string of the molecule is COc1ccc(-c2nc(CC(=O)OCC(=O)NCC(=O)N(C)C)cs2)cc1. The average Bonchev–Trinajstić information content (AvgIpc) is 3.12. The van der Waals surface area contributed by atoms with Crippen molar-refractivity contribution in [3.63, 3.8) is 0 Å². The number of amides is 2. The second kappa shape index (κ2) is 9.67. The maximum absolute atomic E-state index is 11.9. The van der Waals surface area contributed by atoms with Crippen LogP contribution in [0.1, 0.15) is 5.69 Å². The van der Waals surface area contributed by atoms with Crippen LogP contribution < -0.4 is 10.1 Å². The highest BCUT2D eigenvalue weighted by Gasteiger charge is 2.13. The molecule has 1 aromatic carbocycles. The van der Waals surface area contributed by atoms with E-state index in [-0.39, 0.29) is 18.9 Å². The normalized spacial score (nSPS) is 10.2. The topological polar surface area (TPSA) is 97.8 Å². The van der Waals surface area contributed by atoms with Crippen LogP contribution in [-0.4, -0.2) is 62.0 Å². The van der Waals surface area contributed by atoms with Gasteiger partial charge >= 0.3 is 5.97 Å². The summed E-state index contributed by atoms with van der Waals surface area (Å²) in [5.74, 6) is -0.584. The number of carbonyl (C=O) groups excluding carboxylic acids is 3. The molecule has 0 aliphatic heterocycles. The summed E-state index contributed by atoms with van der Waals surface area (Å²) >= 11 is 1.42. The highest BCUT2D eigenvalue weighted by atomic mass is 32.1. The molecule has 0 aliphatic rings. The van der Waals surface area contributed by atoms with Crippen molar-refractivity contribution in [2.45, 2.75) is 6.42 Å². The largest absolute Gasteiger partial charge is 0.497 e. The van der Waals surface area contributed by atoms with Crippen molar-refractivity contribution < 1.29 is 23.9 Å². The van der Waals surface area contributed by atoms with Crippen LogP contribution in [0, 0.1) is 0 Å². The van der Waals surface area contributed by atoms with Crippen LogP contribution in [0.2, 0.25) is 0 Å². The van der Waals surface area contributed by atoms with Gasteiger partial charge in [0, 0.05) is 25.0 Å². The highest BCUT2D eigenvalue weighted by Crippen LogP contribution is 2.25. The molecule has 1 aromatic heterocycles. The second-order valence-electron chi connectivity index (χ2n) is 5.77. The van der Waals surface area contributed by atoms with E-state index in [1.807, 2.05) is 24.3 Å². The Bertz CT molecular complexity index is 802. The lowest BCUT2D eigenvalue weighted by Gasteiger charge is -2.10. The molecule has 144 valence electrons. The first-order valence-corrected chi connectivity index (χ1v) is 8.98. The minimum atomic E-state index is -0.560. The monoisotopic (exact) mass is 391 g/mol. The summed E-state index contributed by atoms with van der Waals surface area (Å²) in [4.78, 5) is 40.6. The first-order chi connectivity index (χ1) is 12.9. The summed E-state index contributed by atoms with van der Waals surface area (Å²) < 4.78 is 10.0. The molecule has 9 heteroatoms. The minimum Gasteiger partial charge on any atom is -0.497 e. The van der Waals surface area contributed by atoms with Gasteiger partial charge in [0.05, 0.1) is 25.8 Å². The highest BCUT2D eigenvalue weighted by molar-refractivity contribution is 7.13. The van der Waals surface area contributed by atoms with Gasteiger partial charge in [-0.15, -0.1) is 11.3 Å². The zero-order chi connectivity index (χ0) is 19.8. The van der Waals surface area contributed by atoms with Gasteiger partial charge in [-0.2, -0.15) is 0 Å². The Morgan fingerprint density at radius 1 is 1.19 bits per heavy atom. The molecule has 2 rings (SSSR count). The Hall–Kier alpha value is -2.94. The molecule has 0 spiro atoms. The predicted octanol–water partition coefficient (Wildman–Crippen LogP) is 1.11. The molecule has 0 saturated heterocycles. The molecular weight excluding hydrogens is 370 g/mol. The van der Waals surface area contributed by atoms with E-state index in [2.05, 4.69) is 10.3 Å². The Morgan fingerprint density at radius 3 is 2.52 bits per heavy atom. The van der Waals surface area contributed by atoms with Crippen LogP contribution in [0.25, 0.3) is 10.6 Å². The Balaban J connectivity index is 1.80. The van der Waals surface area contributed by atoms with E-state index < -0.39 is 18.5 Å². The maximum atomic E-state index is 11.9. The van der Waals surface area contributed by atoms with Crippen LogP contribution in [0.15, 0.2) is 29.6 Å². The number of nitrogens with zero attached hydrogens (tertiary/aromatic N) is 2. The molecule has 0 saturated carbocycles. The molecule has 0 aliphatic carbocycles. The molecule has 0 unspecified atom stereocenters. The zero-order valence-corrected chi connectivity index (χ0v) is 16.2. The van der Waals surface area contributed by atoms with Gasteiger partial charge in [-0.25, -0.2) is 4.98 Å². The summed E-state index contributed by atoms with van der Waals surface area (Å²) in [6.07, 6.45) is -0.0312. The smallest absolute Gasteiger partial charge is 0.312 e. The summed E-state index contributed by atoms with van der Waals surface area (Å²) in [5.41, 5.74) is 1.49. The van der Waals surface area contributed by atoms with Gasteiger partial charge in [-0.1, -0.05) is 0 Å². The maximum Gasteiger partial charge on any atom is 0.312 e. The van der Waals surface area contributed by atoms with E-state index in [0.717, 1.165) is 16.3 Å².